The molecule has 0 saturated carbocycles. The van der Waals surface area contributed by atoms with Gasteiger partial charge in [0.1, 0.15) is 30.0 Å². The van der Waals surface area contributed by atoms with Crippen LogP contribution in [0.15, 0.2) is 22.7 Å². The highest BCUT2D eigenvalue weighted by Crippen LogP contribution is 2.42. The molecule has 38 heavy (non-hydrogen) atoms. The lowest BCUT2D eigenvalue weighted by molar-refractivity contribution is -0.0314. The fourth-order valence-electron chi connectivity index (χ4n) is 5.20. The summed E-state index contributed by atoms with van der Waals surface area (Å²) in [6.45, 7) is 7.12. The van der Waals surface area contributed by atoms with E-state index in [9.17, 15) is 13.9 Å². The van der Waals surface area contributed by atoms with Crippen LogP contribution >= 0.6 is 11.6 Å². The van der Waals surface area contributed by atoms with Crippen LogP contribution in [0.25, 0.3) is 22.6 Å². The van der Waals surface area contributed by atoms with Crippen LogP contribution in [-0.4, -0.2) is 89.6 Å². The number of likely N-dealkylation sites (N-methyl/N-ethyl adjacent to an activating group) is 1. The van der Waals surface area contributed by atoms with Crippen molar-refractivity contribution in [2.24, 2.45) is 0 Å². The van der Waals surface area contributed by atoms with Crippen LogP contribution < -0.4 is 15.0 Å². The van der Waals surface area contributed by atoms with Gasteiger partial charge in [-0.05, 0) is 46.0 Å². The van der Waals surface area contributed by atoms with Crippen molar-refractivity contribution in [2.45, 2.75) is 45.4 Å². The predicted molar refractivity (Wildman–Crippen MR) is 140 cm³/mol. The van der Waals surface area contributed by atoms with Crippen LogP contribution in [0.4, 0.5) is 14.6 Å². The number of nitrogens with zero attached hydrogens (tertiary/aromatic N) is 5. The Morgan fingerprint density at radius 3 is 2.63 bits per heavy atom. The van der Waals surface area contributed by atoms with E-state index in [1.54, 1.807) is 25.2 Å². The summed E-state index contributed by atoms with van der Waals surface area (Å²) in [6, 6.07) is 5.41. The second-order valence-corrected chi connectivity index (χ2v) is 10.2. The Morgan fingerprint density at radius 1 is 1.21 bits per heavy atom. The number of anilines is 1. The molecule has 3 atom stereocenters. The average Bonchev–Trinajstić information content (AvgIpc) is 3.20. The van der Waals surface area contributed by atoms with E-state index in [1.807, 2.05) is 25.7 Å². The Hall–Kier alpha value is -2.86. The first kappa shape index (κ1) is 26.7. The summed E-state index contributed by atoms with van der Waals surface area (Å²) >= 11 is 6.62. The summed E-state index contributed by atoms with van der Waals surface area (Å²) in [7, 11) is 1.76. The fourth-order valence-corrected chi connectivity index (χ4v) is 5.40. The molecule has 1 aromatic carbocycles. The van der Waals surface area contributed by atoms with E-state index < -0.39 is 12.5 Å². The van der Waals surface area contributed by atoms with Gasteiger partial charge in [-0.15, -0.1) is 0 Å². The second-order valence-electron chi connectivity index (χ2n) is 9.84. The minimum Gasteiger partial charge on any atom is -0.491 e. The van der Waals surface area contributed by atoms with Gasteiger partial charge < -0.3 is 24.6 Å². The van der Waals surface area contributed by atoms with Crippen molar-refractivity contribution in [3.8, 4) is 28.4 Å². The van der Waals surface area contributed by atoms with Gasteiger partial charge in [-0.3, -0.25) is 4.90 Å². The molecule has 12 heteroatoms. The van der Waals surface area contributed by atoms with Crippen molar-refractivity contribution in [1.82, 2.24) is 25.3 Å². The number of aliphatic hydroxyl groups is 1. The molecular weight excluding hydrogens is 518 g/mol. The predicted octanol–water partition coefficient (Wildman–Crippen LogP) is 3.47. The van der Waals surface area contributed by atoms with Crippen molar-refractivity contribution in [3.05, 3.63) is 40.2 Å². The molecule has 0 amide bonds. The van der Waals surface area contributed by atoms with Crippen molar-refractivity contribution in [3.63, 3.8) is 0 Å². The zero-order valence-corrected chi connectivity index (χ0v) is 22.5. The third-order valence-corrected chi connectivity index (χ3v) is 7.54. The number of alkyl halides is 2. The van der Waals surface area contributed by atoms with E-state index in [0.717, 1.165) is 16.9 Å². The van der Waals surface area contributed by atoms with Gasteiger partial charge in [-0.2, -0.15) is 0 Å². The zero-order valence-electron chi connectivity index (χ0n) is 21.7. The van der Waals surface area contributed by atoms with E-state index >= 15 is 0 Å². The summed E-state index contributed by atoms with van der Waals surface area (Å²) < 4.78 is 37.1. The maximum absolute atomic E-state index is 12.9. The lowest BCUT2D eigenvalue weighted by atomic mass is 9.85. The molecule has 2 aliphatic rings. The van der Waals surface area contributed by atoms with Crippen molar-refractivity contribution in [1.29, 1.82) is 0 Å². The van der Waals surface area contributed by atoms with E-state index in [-0.39, 0.29) is 25.2 Å². The molecule has 2 aromatic heterocycles. The van der Waals surface area contributed by atoms with E-state index in [4.69, 9.17) is 30.8 Å². The maximum Gasteiger partial charge on any atom is 0.251 e. The van der Waals surface area contributed by atoms with Gasteiger partial charge >= 0.3 is 0 Å². The highest BCUT2D eigenvalue weighted by Gasteiger charge is 2.53. The monoisotopic (exact) mass is 548 g/mol. The minimum absolute atomic E-state index is 0.0914. The van der Waals surface area contributed by atoms with E-state index in [1.165, 1.54) is 0 Å². The van der Waals surface area contributed by atoms with Gasteiger partial charge in [0, 0.05) is 36.8 Å². The van der Waals surface area contributed by atoms with Gasteiger partial charge in [0.2, 0.25) is 0 Å². The number of aromatic nitrogens is 3. The van der Waals surface area contributed by atoms with Crippen LogP contribution in [0.1, 0.15) is 17.0 Å². The number of aryl methyl sites for hydroxylation is 2. The van der Waals surface area contributed by atoms with Crippen LogP contribution in [-0.2, 0) is 0 Å². The molecule has 4 heterocycles. The van der Waals surface area contributed by atoms with E-state index in [0.29, 0.717) is 58.9 Å². The molecule has 1 unspecified atom stereocenters. The number of rotatable bonds is 10. The van der Waals surface area contributed by atoms with Gasteiger partial charge in [0.15, 0.2) is 5.82 Å². The summed E-state index contributed by atoms with van der Waals surface area (Å²) in [4.78, 5) is 13.8. The molecule has 3 aromatic rings. The Balaban J connectivity index is 1.52. The molecule has 0 radical (unpaired) electrons. The topological polar surface area (TPSA) is 99.8 Å². The Bertz CT molecular complexity index is 1300. The Labute approximate surface area is 224 Å². The van der Waals surface area contributed by atoms with Crippen LogP contribution in [0.2, 0.25) is 5.02 Å². The fraction of sp³-hybridized carbons (Fsp3) is 0.500. The smallest absolute Gasteiger partial charge is 0.251 e. The van der Waals surface area contributed by atoms with Crippen molar-refractivity contribution < 1.29 is 23.1 Å². The van der Waals surface area contributed by atoms with Crippen molar-refractivity contribution >= 4 is 17.4 Å². The number of fused-ring (bicyclic) bond motifs is 1. The standard InChI is InChI=1S/C26H31ClF2N6O3/c1-13-24(23-14(2)33-38-15(23)3)31-25(18-7-17(5-6-19(18)27)37-12-16(36)8-30-4)32-26(13)35-10-20-21(35)9-34(20)11-22(28)29/h5-7,16,20-22,30,36H,8-12H2,1-4H3/t16-,20-,21?/m1/s1. The average molecular weight is 549 g/mol. The molecule has 204 valence electrons. The van der Waals surface area contributed by atoms with Crippen LogP contribution in [0.3, 0.4) is 0 Å². The van der Waals surface area contributed by atoms with E-state index in [2.05, 4.69) is 15.4 Å². The Morgan fingerprint density at radius 2 is 2.00 bits per heavy atom. The molecule has 2 aliphatic heterocycles. The molecular formula is C26H31ClF2N6O3. The lowest BCUT2D eigenvalue weighted by Gasteiger charge is -2.62. The molecule has 2 fully saturated rings. The first-order valence-corrected chi connectivity index (χ1v) is 12.9. The summed E-state index contributed by atoms with van der Waals surface area (Å²) in [5.41, 5.74) is 3.60. The number of piperazine rings is 1. The summed E-state index contributed by atoms with van der Waals surface area (Å²) in [6.07, 6.45) is -3.02. The first-order valence-electron chi connectivity index (χ1n) is 12.5. The highest BCUT2D eigenvalue weighted by molar-refractivity contribution is 6.33. The number of ether oxygens (including phenoxy) is 1. The first-order chi connectivity index (χ1) is 18.2. The molecule has 9 nitrogen and oxygen atoms in total. The van der Waals surface area contributed by atoms with Crippen LogP contribution in [0, 0.1) is 20.8 Å². The van der Waals surface area contributed by atoms with Gasteiger partial charge in [-0.25, -0.2) is 18.7 Å². The Kier molecular flexibility index (Phi) is 7.54. The normalized spacial score (nSPS) is 19.8. The molecule has 0 spiro atoms. The number of nitrogens with one attached hydrogen (secondary N) is 1. The third-order valence-electron chi connectivity index (χ3n) is 7.21. The number of likely N-dealkylation sites (tertiary alicyclic amines) is 1. The largest absolute Gasteiger partial charge is 0.491 e. The summed E-state index contributed by atoms with van der Waals surface area (Å²) in [5, 5.41) is 17.5. The van der Waals surface area contributed by atoms with Gasteiger partial charge in [0.05, 0.1) is 34.6 Å². The highest BCUT2D eigenvalue weighted by atomic mass is 35.5. The molecule has 5 rings (SSSR count). The zero-order chi connectivity index (χ0) is 27.1. The molecule has 2 N–H and O–H groups in total. The molecule has 0 aliphatic carbocycles. The number of benzene rings is 1. The number of halogens is 3. The quantitative estimate of drug-likeness (QED) is 0.394. The molecule has 2 saturated heterocycles. The number of hydrogen-bond acceptors (Lipinski definition) is 9. The maximum atomic E-state index is 12.9. The number of aliphatic hydroxyl groups excluding tert-OH is 1. The number of hydrogen-bond donors (Lipinski definition) is 2. The van der Waals surface area contributed by atoms with Gasteiger partial charge in [-0.1, -0.05) is 16.8 Å². The lowest BCUT2D eigenvalue weighted by Crippen LogP contribution is -2.79. The SMILES string of the molecule is CNC[C@@H](O)COc1ccc(Cl)c(-c2nc(-c3c(C)noc3C)c(C)c(N3C[C@@H]4C3CN4CC(F)F)n2)c1. The summed E-state index contributed by atoms with van der Waals surface area (Å²) in [5.74, 6) is 2.29. The second kappa shape index (κ2) is 10.7. The van der Waals surface area contributed by atoms with Gasteiger partial charge in [0.25, 0.3) is 6.43 Å². The minimum atomic E-state index is -2.35. The third kappa shape index (κ3) is 4.95. The van der Waals surface area contributed by atoms with Crippen molar-refractivity contribution in [2.75, 3.05) is 44.7 Å². The molecule has 0 bridgehead atoms. The van der Waals surface area contributed by atoms with Crippen LogP contribution in [0.5, 0.6) is 5.75 Å².